The molecule has 0 aromatic heterocycles. The summed E-state index contributed by atoms with van der Waals surface area (Å²) >= 11 is 4.92. The zero-order valence-corrected chi connectivity index (χ0v) is 17.9. The van der Waals surface area contributed by atoms with E-state index in [4.69, 9.17) is 0 Å². The number of carbonyl (C=O) groups is 2. The lowest BCUT2D eigenvalue weighted by Crippen LogP contribution is -2.36. The molecular weight excluding hydrogens is 424 g/mol. The smallest absolute Gasteiger partial charge is 0.259 e. The zero-order valence-electron chi connectivity index (χ0n) is 15.5. The first-order valence-corrected chi connectivity index (χ1v) is 10.8. The maximum absolute atomic E-state index is 13.3. The number of rotatable bonds is 5. The van der Waals surface area contributed by atoms with Crippen LogP contribution in [0.2, 0.25) is 0 Å². The molecule has 4 nitrogen and oxygen atoms in total. The Hall–Kier alpha value is -1.79. The van der Waals surface area contributed by atoms with E-state index in [0.29, 0.717) is 17.9 Å². The molecule has 1 heterocycles. The molecule has 2 aromatic rings. The van der Waals surface area contributed by atoms with E-state index in [1.165, 1.54) is 17.3 Å². The third kappa shape index (κ3) is 4.93. The van der Waals surface area contributed by atoms with Crippen molar-refractivity contribution in [1.82, 2.24) is 5.32 Å². The maximum atomic E-state index is 13.3. The topological polar surface area (TPSA) is 49.4 Å². The second kappa shape index (κ2) is 8.93. The monoisotopic (exact) mass is 446 g/mol. The van der Waals surface area contributed by atoms with Gasteiger partial charge in [-0.1, -0.05) is 28.1 Å². The molecule has 0 atom stereocenters. The van der Waals surface area contributed by atoms with E-state index < -0.39 is 0 Å². The van der Waals surface area contributed by atoms with Crippen molar-refractivity contribution in [2.75, 3.05) is 17.2 Å². The van der Waals surface area contributed by atoms with E-state index in [1.807, 2.05) is 55.1 Å². The number of nitrogens with zero attached hydrogens (tertiary/aromatic N) is 1. The maximum Gasteiger partial charge on any atom is 0.259 e. The quantitative estimate of drug-likeness (QED) is 0.679. The fourth-order valence-electron chi connectivity index (χ4n) is 3.20. The van der Waals surface area contributed by atoms with Crippen molar-refractivity contribution in [3.63, 3.8) is 0 Å². The molecule has 0 bridgehead atoms. The molecular formula is C21H23BrN2O2S. The average molecular weight is 447 g/mol. The van der Waals surface area contributed by atoms with Crippen molar-refractivity contribution in [2.24, 2.45) is 0 Å². The van der Waals surface area contributed by atoms with Crippen LogP contribution in [0, 0.1) is 0 Å². The third-order valence-electron chi connectivity index (χ3n) is 4.33. The normalized spacial score (nSPS) is 13.4. The van der Waals surface area contributed by atoms with Gasteiger partial charge in [0.25, 0.3) is 5.91 Å². The molecule has 0 unspecified atom stereocenters. The lowest BCUT2D eigenvalue weighted by Gasteiger charge is -2.30. The van der Waals surface area contributed by atoms with Gasteiger partial charge >= 0.3 is 0 Å². The predicted octanol–water partition coefficient (Wildman–Crippen LogP) is 4.66. The van der Waals surface area contributed by atoms with Crippen LogP contribution in [0.25, 0.3) is 0 Å². The van der Waals surface area contributed by atoms with E-state index in [0.717, 1.165) is 27.9 Å². The van der Waals surface area contributed by atoms with Crippen LogP contribution in [0.3, 0.4) is 0 Å². The standard InChI is InChI=1S/C21H23BrN2O2S/c1-14(2)23-20(25)13-27-19-8-4-3-7-17(19)21(26)24-11-5-6-15-12-16(22)9-10-18(15)24/h3-4,7-10,12,14H,5-6,11,13H2,1-2H3,(H,23,25). The van der Waals surface area contributed by atoms with E-state index in [1.54, 1.807) is 0 Å². The number of halogens is 1. The van der Waals surface area contributed by atoms with Crippen molar-refractivity contribution in [1.29, 1.82) is 0 Å². The molecule has 0 aliphatic carbocycles. The number of fused-ring (bicyclic) bond motifs is 1. The van der Waals surface area contributed by atoms with Gasteiger partial charge < -0.3 is 10.2 Å². The number of amides is 2. The first kappa shape index (κ1) is 20.0. The van der Waals surface area contributed by atoms with Gasteiger partial charge in [0.05, 0.1) is 11.3 Å². The molecule has 2 amide bonds. The summed E-state index contributed by atoms with van der Waals surface area (Å²) < 4.78 is 1.03. The molecule has 1 aliphatic heterocycles. The van der Waals surface area contributed by atoms with Gasteiger partial charge in [0, 0.05) is 27.6 Å². The highest BCUT2D eigenvalue weighted by molar-refractivity contribution is 9.10. The molecule has 0 radical (unpaired) electrons. The van der Waals surface area contributed by atoms with Gasteiger partial charge in [-0.3, -0.25) is 9.59 Å². The van der Waals surface area contributed by atoms with Gasteiger partial charge in [-0.15, -0.1) is 11.8 Å². The van der Waals surface area contributed by atoms with Crippen LogP contribution in [0.5, 0.6) is 0 Å². The Morgan fingerprint density at radius 1 is 1.22 bits per heavy atom. The van der Waals surface area contributed by atoms with Crippen LogP contribution in [-0.2, 0) is 11.2 Å². The summed E-state index contributed by atoms with van der Waals surface area (Å²) in [6.07, 6.45) is 1.92. The minimum atomic E-state index is -0.0228. The Morgan fingerprint density at radius 3 is 2.78 bits per heavy atom. The molecule has 27 heavy (non-hydrogen) atoms. The van der Waals surface area contributed by atoms with Crippen LogP contribution in [0.4, 0.5) is 5.69 Å². The Morgan fingerprint density at radius 2 is 2.00 bits per heavy atom. The molecule has 0 saturated carbocycles. The fraction of sp³-hybridized carbons (Fsp3) is 0.333. The highest BCUT2D eigenvalue weighted by atomic mass is 79.9. The predicted molar refractivity (Wildman–Crippen MR) is 115 cm³/mol. The Bertz CT molecular complexity index is 854. The summed E-state index contributed by atoms with van der Waals surface area (Å²) in [5, 5.41) is 2.88. The van der Waals surface area contributed by atoms with Gasteiger partial charge in [0.15, 0.2) is 0 Å². The summed E-state index contributed by atoms with van der Waals surface area (Å²) in [6, 6.07) is 13.7. The molecule has 6 heteroatoms. The lowest BCUT2D eigenvalue weighted by atomic mass is 10.0. The molecule has 3 rings (SSSR count). The van der Waals surface area contributed by atoms with Gasteiger partial charge in [0.1, 0.15) is 0 Å². The first-order chi connectivity index (χ1) is 13.0. The summed E-state index contributed by atoms with van der Waals surface area (Å²) in [6.45, 7) is 4.58. The van der Waals surface area contributed by atoms with Crippen LogP contribution in [0.15, 0.2) is 51.8 Å². The number of benzene rings is 2. The summed E-state index contributed by atoms with van der Waals surface area (Å²) in [4.78, 5) is 28.0. The minimum absolute atomic E-state index is 0.00867. The lowest BCUT2D eigenvalue weighted by molar-refractivity contribution is -0.119. The molecule has 142 valence electrons. The molecule has 0 fully saturated rings. The minimum Gasteiger partial charge on any atom is -0.353 e. The van der Waals surface area contributed by atoms with E-state index in [-0.39, 0.29) is 17.9 Å². The van der Waals surface area contributed by atoms with Crippen molar-refractivity contribution < 1.29 is 9.59 Å². The second-order valence-electron chi connectivity index (χ2n) is 6.84. The number of anilines is 1. The highest BCUT2D eigenvalue weighted by Crippen LogP contribution is 2.32. The summed E-state index contributed by atoms with van der Waals surface area (Å²) in [5.41, 5.74) is 2.81. The SMILES string of the molecule is CC(C)NC(=O)CSc1ccccc1C(=O)N1CCCc2cc(Br)ccc21. The highest BCUT2D eigenvalue weighted by Gasteiger charge is 2.25. The average Bonchev–Trinajstić information content (AvgIpc) is 2.64. The number of carbonyl (C=O) groups excluding carboxylic acids is 2. The molecule has 0 spiro atoms. The number of thioether (sulfide) groups is 1. The molecule has 1 N–H and O–H groups in total. The van der Waals surface area contributed by atoms with Gasteiger partial charge in [-0.05, 0) is 62.6 Å². The van der Waals surface area contributed by atoms with E-state index >= 15 is 0 Å². The fourth-order valence-corrected chi connectivity index (χ4v) is 4.46. The molecule has 1 aliphatic rings. The second-order valence-corrected chi connectivity index (χ2v) is 8.77. The van der Waals surface area contributed by atoms with E-state index in [9.17, 15) is 9.59 Å². The number of nitrogens with one attached hydrogen (secondary N) is 1. The van der Waals surface area contributed by atoms with Crippen LogP contribution < -0.4 is 10.2 Å². The summed E-state index contributed by atoms with van der Waals surface area (Å²) in [7, 11) is 0. The van der Waals surface area contributed by atoms with Gasteiger partial charge in [0.2, 0.25) is 5.91 Å². The van der Waals surface area contributed by atoms with Crippen LogP contribution in [-0.4, -0.2) is 30.2 Å². The van der Waals surface area contributed by atoms with Crippen molar-refractivity contribution >= 4 is 45.2 Å². The van der Waals surface area contributed by atoms with E-state index in [2.05, 4.69) is 27.3 Å². The van der Waals surface area contributed by atoms with Crippen molar-refractivity contribution in [3.05, 3.63) is 58.1 Å². The Kier molecular flexibility index (Phi) is 6.60. The largest absolute Gasteiger partial charge is 0.353 e. The molecule has 0 saturated heterocycles. The third-order valence-corrected chi connectivity index (χ3v) is 5.90. The zero-order chi connectivity index (χ0) is 19.4. The number of hydrogen-bond donors (Lipinski definition) is 1. The first-order valence-electron chi connectivity index (χ1n) is 9.07. The molecule has 2 aromatic carbocycles. The Labute approximate surface area is 172 Å². The summed E-state index contributed by atoms with van der Waals surface area (Å²) in [5.74, 6) is 0.266. The van der Waals surface area contributed by atoms with Gasteiger partial charge in [-0.25, -0.2) is 0 Å². The number of aryl methyl sites for hydroxylation is 1. The van der Waals surface area contributed by atoms with Gasteiger partial charge in [-0.2, -0.15) is 0 Å². The van der Waals surface area contributed by atoms with Crippen molar-refractivity contribution in [2.45, 2.75) is 37.6 Å². The van der Waals surface area contributed by atoms with Crippen LogP contribution in [0.1, 0.15) is 36.2 Å². The number of hydrogen-bond acceptors (Lipinski definition) is 3. The van der Waals surface area contributed by atoms with Crippen molar-refractivity contribution in [3.8, 4) is 0 Å². The Balaban J connectivity index is 1.81. The van der Waals surface area contributed by atoms with Crippen LogP contribution >= 0.6 is 27.7 Å².